The number of aryl methyl sites for hydroxylation is 1. The van der Waals surface area contributed by atoms with E-state index in [1.807, 2.05) is 41.0 Å². The van der Waals surface area contributed by atoms with Gasteiger partial charge in [-0.25, -0.2) is 4.99 Å². The van der Waals surface area contributed by atoms with Gasteiger partial charge >= 0.3 is 0 Å². The van der Waals surface area contributed by atoms with Crippen molar-refractivity contribution in [1.29, 1.82) is 0 Å². The summed E-state index contributed by atoms with van der Waals surface area (Å²) in [5.41, 5.74) is 6.40. The van der Waals surface area contributed by atoms with Crippen molar-refractivity contribution in [3.05, 3.63) is 130 Å². The first-order valence-corrected chi connectivity index (χ1v) is 14.9. The molecule has 3 aromatic carbocycles. The Balaban J connectivity index is 1.55. The predicted octanol–water partition coefficient (Wildman–Crippen LogP) is 6.42. The van der Waals surface area contributed by atoms with Crippen molar-refractivity contribution in [2.75, 3.05) is 13.7 Å². The molecule has 0 radical (unpaired) electrons. The second kappa shape index (κ2) is 10.8. The van der Waals surface area contributed by atoms with E-state index in [0.29, 0.717) is 21.7 Å². The average molecular weight is 664 g/mol. The number of fused-ring (bicyclic) bond motifs is 3. The molecule has 2 aliphatic rings. The van der Waals surface area contributed by atoms with Gasteiger partial charge in [-0.05, 0) is 97.3 Å². The highest BCUT2D eigenvalue weighted by atomic mass is 79.9. The zero-order valence-corrected chi connectivity index (χ0v) is 25.1. The minimum Gasteiger partial charge on any atom is -0.497 e. The van der Waals surface area contributed by atoms with Gasteiger partial charge in [0.1, 0.15) is 18.1 Å². The summed E-state index contributed by atoms with van der Waals surface area (Å²) in [6.07, 6.45) is 5.37. The molecule has 0 bridgehead atoms. The minimum atomic E-state index is -0.255. The van der Waals surface area contributed by atoms with E-state index < -0.39 is 0 Å². The lowest BCUT2D eigenvalue weighted by Crippen LogP contribution is -2.38. The Hall–Kier alpha value is -3.20. The second-order valence-electron chi connectivity index (χ2n) is 9.30. The molecule has 1 aromatic heterocycles. The number of hydrogen-bond donors (Lipinski definition) is 0. The lowest BCUT2D eigenvalue weighted by Gasteiger charge is -2.31. The predicted molar refractivity (Wildman–Crippen MR) is 163 cm³/mol. The third-order valence-corrected chi connectivity index (χ3v) is 9.11. The SMILES string of the molecule is C=CCOc1c(Br)cc(/C=c2/sc3n(c2=O)[C@@H](c2cccc(OC)c2)C2=C(N=3)c3ccccc3CC2)cc1Br. The van der Waals surface area contributed by atoms with Crippen LogP contribution in [0.5, 0.6) is 11.5 Å². The number of hydrogen-bond acceptors (Lipinski definition) is 5. The highest BCUT2D eigenvalue weighted by molar-refractivity contribution is 9.11. The fourth-order valence-corrected chi connectivity index (χ4v) is 7.68. The van der Waals surface area contributed by atoms with Crippen LogP contribution in [0.4, 0.5) is 0 Å². The number of nitrogens with zero attached hydrogens (tertiary/aromatic N) is 2. The van der Waals surface area contributed by atoms with Crippen molar-refractivity contribution in [2.45, 2.75) is 18.9 Å². The smallest absolute Gasteiger partial charge is 0.271 e. The molecule has 2 heterocycles. The summed E-state index contributed by atoms with van der Waals surface area (Å²) in [5, 5.41) is 0. The normalized spacial score (nSPS) is 16.2. The molecule has 6 rings (SSSR count). The zero-order valence-electron chi connectivity index (χ0n) is 21.1. The monoisotopic (exact) mass is 662 g/mol. The number of halogens is 2. The molecule has 0 saturated heterocycles. The highest BCUT2D eigenvalue weighted by Crippen LogP contribution is 2.41. The second-order valence-corrected chi connectivity index (χ2v) is 12.0. The Morgan fingerprint density at radius 1 is 1.10 bits per heavy atom. The van der Waals surface area contributed by atoms with Gasteiger partial charge in [-0.2, -0.15) is 0 Å². The Labute approximate surface area is 246 Å². The molecule has 0 amide bonds. The molecular formula is C31H24Br2N2O3S. The largest absolute Gasteiger partial charge is 0.497 e. The van der Waals surface area contributed by atoms with Gasteiger partial charge < -0.3 is 9.47 Å². The van der Waals surface area contributed by atoms with E-state index in [4.69, 9.17) is 14.5 Å². The third-order valence-electron chi connectivity index (χ3n) is 6.95. The summed E-state index contributed by atoms with van der Waals surface area (Å²) < 4.78 is 15.4. The average Bonchev–Trinajstić information content (AvgIpc) is 3.25. The number of allylic oxidation sites excluding steroid dienone is 1. The highest BCUT2D eigenvalue weighted by Gasteiger charge is 2.32. The molecule has 1 aliphatic heterocycles. The third kappa shape index (κ3) is 4.75. The van der Waals surface area contributed by atoms with Gasteiger partial charge in [0, 0.05) is 5.56 Å². The van der Waals surface area contributed by atoms with Crippen LogP contribution in [0.25, 0.3) is 11.8 Å². The fourth-order valence-electron chi connectivity index (χ4n) is 5.23. The molecule has 8 heteroatoms. The summed E-state index contributed by atoms with van der Waals surface area (Å²) in [7, 11) is 1.66. The number of methoxy groups -OCH3 is 1. The maximum absolute atomic E-state index is 14.0. The maximum atomic E-state index is 14.0. The van der Waals surface area contributed by atoms with Crippen LogP contribution in [0.15, 0.2) is 97.6 Å². The van der Waals surface area contributed by atoms with Gasteiger partial charge in [0.05, 0.1) is 32.3 Å². The molecule has 39 heavy (non-hydrogen) atoms. The number of aromatic nitrogens is 1. The molecule has 0 saturated carbocycles. The van der Waals surface area contributed by atoms with Crippen LogP contribution in [0.1, 0.15) is 34.7 Å². The van der Waals surface area contributed by atoms with Crippen molar-refractivity contribution in [3.63, 3.8) is 0 Å². The van der Waals surface area contributed by atoms with Crippen LogP contribution in [0.3, 0.4) is 0 Å². The van der Waals surface area contributed by atoms with Crippen LogP contribution in [-0.4, -0.2) is 18.3 Å². The molecule has 4 aromatic rings. The quantitative estimate of drug-likeness (QED) is 0.224. The number of ether oxygens (including phenoxy) is 2. The van der Waals surface area contributed by atoms with Gasteiger partial charge in [0.2, 0.25) is 0 Å². The maximum Gasteiger partial charge on any atom is 0.271 e. The standard InChI is InChI=1S/C31H24Br2N2O3S/c1-3-13-38-29-24(32)14-18(15-25(29)33)16-26-30(36)35-28(20-8-6-9-21(17-20)37-2)23-12-11-19-7-4-5-10-22(19)27(23)34-31(35)39-26/h3-10,14-17,28H,1,11-13H2,2H3/b26-16+/t28-/m0/s1. The van der Waals surface area contributed by atoms with Crippen LogP contribution in [-0.2, 0) is 6.42 Å². The van der Waals surface area contributed by atoms with Crippen molar-refractivity contribution < 1.29 is 9.47 Å². The van der Waals surface area contributed by atoms with Crippen molar-refractivity contribution >= 4 is 55.0 Å². The molecule has 0 spiro atoms. The van der Waals surface area contributed by atoms with E-state index >= 15 is 0 Å². The lowest BCUT2D eigenvalue weighted by atomic mass is 9.83. The van der Waals surface area contributed by atoms with E-state index in [-0.39, 0.29) is 11.6 Å². The van der Waals surface area contributed by atoms with Gasteiger partial charge in [0.15, 0.2) is 4.80 Å². The topological polar surface area (TPSA) is 52.8 Å². The molecule has 1 atom stereocenters. The molecule has 0 unspecified atom stereocenters. The van der Waals surface area contributed by atoms with Crippen LogP contribution in [0, 0.1) is 0 Å². The van der Waals surface area contributed by atoms with Gasteiger partial charge in [-0.3, -0.25) is 9.36 Å². The fraction of sp³-hybridized carbons (Fsp3) is 0.161. The van der Waals surface area contributed by atoms with Gasteiger partial charge in [-0.1, -0.05) is 60.4 Å². The first-order valence-electron chi connectivity index (χ1n) is 12.5. The first-order chi connectivity index (χ1) is 19.0. The lowest BCUT2D eigenvalue weighted by molar-refractivity contribution is 0.358. The Bertz CT molecular complexity index is 1810. The van der Waals surface area contributed by atoms with Crippen LogP contribution in [0.2, 0.25) is 0 Å². The Morgan fingerprint density at radius 3 is 2.67 bits per heavy atom. The van der Waals surface area contributed by atoms with Crippen molar-refractivity contribution in [3.8, 4) is 11.5 Å². The summed E-state index contributed by atoms with van der Waals surface area (Å²) in [6, 6.07) is 20.1. The summed E-state index contributed by atoms with van der Waals surface area (Å²) >= 11 is 8.62. The number of rotatable bonds is 6. The molecular weight excluding hydrogens is 640 g/mol. The van der Waals surface area contributed by atoms with Crippen LogP contribution >= 0.6 is 43.2 Å². The molecule has 0 fully saturated rings. The Morgan fingerprint density at radius 2 is 1.90 bits per heavy atom. The molecule has 0 N–H and O–H groups in total. The summed E-state index contributed by atoms with van der Waals surface area (Å²) in [4.78, 5) is 19.8. The van der Waals surface area contributed by atoms with Gasteiger partial charge in [0.25, 0.3) is 5.56 Å². The zero-order chi connectivity index (χ0) is 27.1. The molecule has 1 aliphatic carbocycles. The summed E-state index contributed by atoms with van der Waals surface area (Å²) in [6.45, 7) is 4.11. The van der Waals surface area contributed by atoms with E-state index in [2.05, 4.69) is 68.8 Å². The van der Waals surface area contributed by atoms with Gasteiger partial charge in [-0.15, -0.1) is 0 Å². The van der Waals surface area contributed by atoms with E-state index in [1.54, 1.807) is 13.2 Å². The number of benzene rings is 3. The minimum absolute atomic E-state index is 0.0591. The Kier molecular flexibility index (Phi) is 7.18. The van der Waals surface area contributed by atoms with E-state index in [9.17, 15) is 4.79 Å². The van der Waals surface area contributed by atoms with E-state index in [0.717, 1.165) is 55.5 Å². The van der Waals surface area contributed by atoms with Crippen molar-refractivity contribution in [1.82, 2.24) is 4.57 Å². The first kappa shape index (κ1) is 26.0. The van der Waals surface area contributed by atoms with Crippen molar-refractivity contribution in [2.24, 2.45) is 4.99 Å². The number of thiazole rings is 1. The summed E-state index contributed by atoms with van der Waals surface area (Å²) in [5.74, 6) is 1.45. The molecule has 5 nitrogen and oxygen atoms in total. The van der Waals surface area contributed by atoms with Crippen LogP contribution < -0.4 is 24.4 Å². The molecule has 196 valence electrons. The van der Waals surface area contributed by atoms with E-state index in [1.165, 1.54) is 16.9 Å².